The number of hydrogen-bond acceptors (Lipinski definition) is 2. The van der Waals surface area contributed by atoms with Crippen molar-refractivity contribution in [3.63, 3.8) is 0 Å². The average Bonchev–Trinajstić information content (AvgIpc) is 2.27. The lowest BCUT2D eigenvalue weighted by Crippen LogP contribution is -2.20. The summed E-state index contributed by atoms with van der Waals surface area (Å²) in [6.07, 6.45) is 1.44. The molecule has 2 unspecified atom stereocenters. The Balaban J connectivity index is 2.41. The van der Waals surface area contributed by atoms with Crippen LogP contribution in [0, 0.1) is 5.82 Å². The van der Waals surface area contributed by atoms with E-state index in [0.29, 0.717) is 0 Å². The molecule has 0 bridgehead atoms. The Morgan fingerprint density at radius 3 is 2.71 bits per heavy atom. The second-order valence-electron chi connectivity index (χ2n) is 4.34. The topological polar surface area (TPSA) is 32.3 Å². The van der Waals surface area contributed by atoms with E-state index in [0.717, 1.165) is 24.9 Å². The first-order valence-corrected chi connectivity index (χ1v) is 6.25. The zero-order valence-corrected chi connectivity index (χ0v) is 11.0. The normalized spacial score (nSPS) is 14.6. The molecule has 0 aliphatic rings. The number of benzene rings is 1. The van der Waals surface area contributed by atoms with Gasteiger partial charge in [-0.05, 0) is 50.9 Å². The Hall–Kier alpha value is -0.640. The third-order valence-corrected chi connectivity index (χ3v) is 2.98. The second-order valence-corrected chi connectivity index (χ2v) is 4.75. The number of halogens is 2. The van der Waals surface area contributed by atoms with Crippen LogP contribution in [-0.2, 0) is 0 Å². The van der Waals surface area contributed by atoms with Gasteiger partial charge < -0.3 is 10.4 Å². The number of hydrogen-bond donors (Lipinski definition) is 2. The molecule has 1 aromatic rings. The lowest BCUT2D eigenvalue weighted by molar-refractivity contribution is 0.181. The predicted molar refractivity (Wildman–Crippen MR) is 68.7 cm³/mol. The van der Waals surface area contributed by atoms with Crippen molar-refractivity contribution in [3.05, 3.63) is 34.6 Å². The molecule has 0 amide bonds. The Bertz CT molecular complexity index is 357. The summed E-state index contributed by atoms with van der Waals surface area (Å²) >= 11 is 5.72. The summed E-state index contributed by atoms with van der Waals surface area (Å²) in [4.78, 5) is 0. The first-order chi connectivity index (χ1) is 8.00. The van der Waals surface area contributed by atoms with Gasteiger partial charge in [-0.25, -0.2) is 4.39 Å². The molecule has 0 radical (unpaired) electrons. The van der Waals surface area contributed by atoms with Crippen molar-refractivity contribution in [1.82, 2.24) is 5.32 Å². The molecule has 1 rings (SSSR count). The van der Waals surface area contributed by atoms with E-state index in [1.165, 1.54) is 6.07 Å². The SMILES string of the molecule is CC(O)CCCNC(C)c1ccc(F)c(Cl)c1. The molecule has 17 heavy (non-hydrogen) atoms. The van der Waals surface area contributed by atoms with E-state index < -0.39 is 5.82 Å². The summed E-state index contributed by atoms with van der Waals surface area (Å²) in [6.45, 7) is 4.61. The lowest BCUT2D eigenvalue weighted by Gasteiger charge is -2.15. The van der Waals surface area contributed by atoms with E-state index in [4.69, 9.17) is 16.7 Å². The van der Waals surface area contributed by atoms with Gasteiger partial charge in [-0.1, -0.05) is 17.7 Å². The molecule has 4 heteroatoms. The molecular formula is C13H19ClFNO. The standard InChI is InChI=1S/C13H19ClFNO/c1-9(17)4-3-7-16-10(2)11-5-6-13(15)12(14)8-11/h5-6,8-10,16-17H,3-4,7H2,1-2H3. The van der Waals surface area contributed by atoms with Crippen molar-refractivity contribution in [3.8, 4) is 0 Å². The van der Waals surface area contributed by atoms with Gasteiger partial charge in [-0.2, -0.15) is 0 Å². The van der Waals surface area contributed by atoms with Crippen LogP contribution in [0.15, 0.2) is 18.2 Å². The van der Waals surface area contributed by atoms with Gasteiger partial charge in [0.15, 0.2) is 0 Å². The van der Waals surface area contributed by atoms with Crippen LogP contribution in [0.25, 0.3) is 0 Å². The Morgan fingerprint density at radius 1 is 1.41 bits per heavy atom. The third kappa shape index (κ3) is 5.02. The monoisotopic (exact) mass is 259 g/mol. The van der Waals surface area contributed by atoms with Gasteiger partial charge in [-0.3, -0.25) is 0 Å². The molecule has 0 heterocycles. The van der Waals surface area contributed by atoms with E-state index in [1.807, 2.05) is 6.92 Å². The Morgan fingerprint density at radius 2 is 2.12 bits per heavy atom. The summed E-state index contributed by atoms with van der Waals surface area (Å²) in [5, 5.41) is 12.6. The molecule has 2 N–H and O–H groups in total. The summed E-state index contributed by atoms with van der Waals surface area (Å²) < 4.78 is 13.0. The molecule has 0 aliphatic carbocycles. The van der Waals surface area contributed by atoms with Crippen molar-refractivity contribution in [1.29, 1.82) is 0 Å². The minimum atomic E-state index is -0.392. The minimum absolute atomic E-state index is 0.127. The fourth-order valence-electron chi connectivity index (χ4n) is 1.62. The predicted octanol–water partition coefficient (Wildman–Crippen LogP) is 3.29. The molecule has 1 aromatic carbocycles. The maximum Gasteiger partial charge on any atom is 0.141 e. The number of aliphatic hydroxyl groups excluding tert-OH is 1. The highest BCUT2D eigenvalue weighted by Gasteiger charge is 2.07. The second kappa shape index (κ2) is 6.94. The summed E-state index contributed by atoms with van der Waals surface area (Å²) in [5.41, 5.74) is 0.966. The van der Waals surface area contributed by atoms with E-state index in [-0.39, 0.29) is 17.2 Å². The highest BCUT2D eigenvalue weighted by Crippen LogP contribution is 2.20. The molecule has 0 fully saturated rings. The van der Waals surface area contributed by atoms with Crippen molar-refractivity contribution in [2.75, 3.05) is 6.54 Å². The quantitative estimate of drug-likeness (QED) is 0.769. The Kier molecular flexibility index (Phi) is 5.89. The van der Waals surface area contributed by atoms with Crippen molar-refractivity contribution in [2.24, 2.45) is 0 Å². The van der Waals surface area contributed by atoms with Gasteiger partial charge in [0.05, 0.1) is 11.1 Å². The van der Waals surface area contributed by atoms with E-state index in [9.17, 15) is 4.39 Å². The van der Waals surface area contributed by atoms with E-state index >= 15 is 0 Å². The van der Waals surface area contributed by atoms with Gasteiger partial charge >= 0.3 is 0 Å². The molecule has 0 aliphatic heterocycles. The maximum atomic E-state index is 13.0. The van der Waals surface area contributed by atoms with Crippen LogP contribution in [-0.4, -0.2) is 17.8 Å². The highest BCUT2D eigenvalue weighted by atomic mass is 35.5. The molecule has 96 valence electrons. The van der Waals surface area contributed by atoms with Crippen molar-refractivity contribution in [2.45, 2.75) is 38.8 Å². The molecule has 0 saturated carbocycles. The van der Waals surface area contributed by atoms with Gasteiger partial charge in [0.2, 0.25) is 0 Å². The molecule has 0 aromatic heterocycles. The zero-order valence-electron chi connectivity index (χ0n) is 10.2. The number of aliphatic hydroxyl groups is 1. The van der Waals surface area contributed by atoms with Crippen molar-refractivity contribution < 1.29 is 9.50 Å². The minimum Gasteiger partial charge on any atom is -0.393 e. The van der Waals surface area contributed by atoms with Gasteiger partial charge in [0.1, 0.15) is 5.82 Å². The number of rotatable bonds is 6. The van der Waals surface area contributed by atoms with Crippen LogP contribution < -0.4 is 5.32 Å². The molecule has 2 atom stereocenters. The molecule has 0 saturated heterocycles. The number of nitrogens with one attached hydrogen (secondary N) is 1. The summed E-state index contributed by atoms with van der Waals surface area (Å²) in [6, 6.07) is 4.88. The van der Waals surface area contributed by atoms with Gasteiger partial charge in [0, 0.05) is 6.04 Å². The van der Waals surface area contributed by atoms with E-state index in [1.54, 1.807) is 19.1 Å². The van der Waals surface area contributed by atoms with Crippen LogP contribution in [0.1, 0.15) is 38.3 Å². The summed E-state index contributed by atoms with van der Waals surface area (Å²) in [5.74, 6) is -0.392. The first-order valence-electron chi connectivity index (χ1n) is 5.87. The van der Waals surface area contributed by atoms with Crippen LogP contribution >= 0.6 is 11.6 Å². The largest absolute Gasteiger partial charge is 0.393 e. The average molecular weight is 260 g/mol. The fourth-order valence-corrected chi connectivity index (χ4v) is 1.80. The van der Waals surface area contributed by atoms with E-state index in [2.05, 4.69) is 5.32 Å². The van der Waals surface area contributed by atoms with Gasteiger partial charge in [-0.15, -0.1) is 0 Å². The molecule has 2 nitrogen and oxygen atoms in total. The van der Waals surface area contributed by atoms with Crippen molar-refractivity contribution >= 4 is 11.6 Å². The van der Waals surface area contributed by atoms with Gasteiger partial charge in [0.25, 0.3) is 0 Å². The van der Waals surface area contributed by atoms with Crippen LogP contribution in [0.2, 0.25) is 5.02 Å². The lowest BCUT2D eigenvalue weighted by atomic mass is 10.1. The Labute approximate surface area is 107 Å². The maximum absolute atomic E-state index is 13.0. The van der Waals surface area contributed by atoms with Crippen LogP contribution in [0.4, 0.5) is 4.39 Å². The summed E-state index contributed by atoms with van der Waals surface area (Å²) in [7, 11) is 0. The van der Waals surface area contributed by atoms with Crippen LogP contribution in [0.3, 0.4) is 0 Å². The smallest absolute Gasteiger partial charge is 0.141 e. The van der Waals surface area contributed by atoms with Crippen LogP contribution in [0.5, 0.6) is 0 Å². The first kappa shape index (κ1) is 14.4. The fraction of sp³-hybridized carbons (Fsp3) is 0.538. The molecule has 0 spiro atoms. The zero-order chi connectivity index (χ0) is 12.8. The third-order valence-electron chi connectivity index (χ3n) is 2.69. The highest BCUT2D eigenvalue weighted by molar-refractivity contribution is 6.30. The molecular weight excluding hydrogens is 241 g/mol.